The molecule has 45 heavy (non-hydrogen) atoms. The van der Waals surface area contributed by atoms with Crippen molar-refractivity contribution in [3.63, 3.8) is 0 Å². The van der Waals surface area contributed by atoms with Gasteiger partial charge in [-0.2, -0.15) is 0 Å². The van der Waals surface area contributed by atoms with Crippen molar-refractivity contribution >= 4 is 5.97 Å². The molecule has 2 aliphatic carbocycles. The van der Waals surface area contributed by atoms with Gasteiger partial charge in [-0.05, 0) is 81.6 Å². The summed E-state index contributed by atoms with van der Waals surface area (Å²) in [6, 6.07) is 10.1. The van der Waals surface area contributed by atoms with Crippen LogP contribution < -0.4 is 0 Å². The van der Waals surface area contributed by atoms with E-state index in [2.05, 4.69) is 37.0 Å². The van der Waals surface area contributed by atoms with Gasteiger partial charge in [0.1, 0.15) is 5.92 Å². The number of hydrogen-bond donors (Lipinski definition) is 0. The first-order chi connectivity index (χ1) is 22.1. The molecule has 0 radical (unpaired) electrons. The Hall–Kier alpha value is -2.47. The van der Waals surface area contributed by atoms with Crippen LogP contribution in [0.5, 0.6) is 0 Å². The molecule has 2 heterocycles. The number of esters is 1. The highest BCUT2D eigenvalue weighted by atomic mass is 16.7. The van der Waals surface area contributed by atoms with Crippen LogP contribution in [0.3, 0.4) is 0 Å². The van der Waals surface area contributed by atoms with Crippen molar-refractivity contribution in [1.82, 2.24) is 0 Å². The van der Waals surface area contributed by atoms with E-state index in [1.807, 2.05) is 37.3 Å². The highest BCUT2D eigenvalue weighted by Crippen LogP contribution is 2.50. The number of allylic oxidation sites excluding steroid dienone is 1. The lowest BCUT2D eigenvalue weighted by Crippen LogP contribution is -2.32. The van der Waals surface area contributed by atoms with Crippen LogP contribution in [0.2, 0.25) is 0 Å². The molecule has 7 nitrogen and oxygen atoms in total. The van der Waals surface area contributed by atoms with Gasteiger partial charge in [-0.25, -0.2) is 0 Å². The average molecular weight is 621 g/mol. The Morgan fingerprint density at radius 1 is 1.07 bits per heavy atom. The van der Waals surface area contributed by atoms with Crippen LogP contribution in [0.1, 0.15) is 77.2 Å². The minimum absolute atomic E-state index is 0.0420. The number of carbonyl (C=O) groups excluding carboxylic acids is 1. The molecule has 5 rings (SSSR count). The van der Waals surface area contributed by atoms with Gasteiger partial charge in [0.15, 0.2) is 12.6 Å². The summed E-state index contributed by atoms with van der Waals surface area (Å²) in [4.78, 5) is 13.0. The summed E-state index contributed by atoms with van der Waals surface area (Å²) in [6.07, 6.45) is 15.2. The Kier molecular flexibility index (Phi) is 13.1. The largest absolute Gasteiger partial charge is 0.468 e. The minimum atomic E-state index is -0.415. The number of carbonyl (C=O) groups is 1. The zero-order valence-electron chi connectivity index (χ0n) is 27.4. The Bertz CT molecular complexity index is 1170. The summed E-state index contributed by atoms with van der Waals surface area (Å²) in [5.41, 5.74) is 2.20. The van der Waals surface area contributed by atoms with Crippen LogP contribution >= 0.6 is 0 Å². The smallest absolute Gasteiger partial charge is 0.315 e. The fourth-order valence-corrected chi connectivity index (χ4v) is 7.26. The lowest BCUT2D eigenvalue weighted by Gasteiger charge is -2.31. The molecule has 0 amide bonds. The van der Waals surface area contributed by atoms with Crippen molar-refractivity contribution in [2.45, 2.75) is 103 Å². The van der Waals surface area contributed by atoms with Gasteiger partial charge in [-0.3, -0.25) is 4.79 Å². The zero-order chi connectivity index (χ0) is 31.4. The number of ether oxygens (including phenoxy) is 6. The number of rotatable bonds is 14. The number of methoxy groups -OCH3 is 1. The van der Waals surface area contributed by atoms with E-state index in [4.69, 9.17) is 28.4 Å². The quantitative estimate of drug-likeness (QED) is 0.126. The second-order valence-corrected chi connectivity index (χ2v) is 13.0. The molecule has 2 saturated heterocycles. The predicted octanol–water partition coefficient (Wildman–Crippen LogP) is 7.00. The monoisotopic (exact) mass is 620 g/mol. The highest BCUT2D eigenvalue weighted by molar-refractivity contribution is 5.76. The van der Waals surface area contributed by atoms with Crippen LogP contribution in [-0.4, -0.2) is 57.7 Å². The summed E-state index contributed by atoms with van der Waals surface area (Å²) in [5, 5.41) is 0. The zero-order valence-corrected chi connectivity index (χ0v) is 27.4. The summed E-state index contributed by atoms with van der Waals surface area (Å²) in [6.45, 7) is 6.36. The molecular weight excluding hydrogens is 568 g/mol. The predicted molar refractivity (Wildman–Crippen MR) is 173 cm³/mol. The van der Waals surface area contributed by atoms with E-state index in [-0.39, 0.29) is 42.6 Å². The molecule has 246 valence electrons. The van der Waals surface area contributed by atoms with E-state index >= 15 is 0 Å². The Balaban J connectivity index is 1.32. The van der Waals surface area contributed by atoms with Crippen molar-refractivity contribution in [3.8, 4) is 11.8 Å². The molecule has 1 aromatic rings. The first-order valence-corrected chi connectivity index (χ1v) is 17.1. The molecule has 4 unspecified atom stereocenters. The van der Waals surface area contributed by atoms with E-state index in [9.17, 15) is 4.79 Å². The van der Waals surface area contributed by atoms with Crippen molar-refractivity contribution in [2.75, 3.05) is 26.9 Å². The molecule has 9 atom stereocenters. The molecule has 3 fully saturated rings. The first-order valence-electron chi connectivity index (χ1n) is 17.1. The van der Waals surface area contributed by atoms with Crippen LogP contribution in [-0.2, 0) is 39.8 Å². The number of benzene rings is 1. The van der Waals surface area contributed by atoms with Gasteiger partial charge < -0.3 is 28.4 Å². The van der Waals surface area contributed by atoms with Gasteiger partial charge in [0.2, 0.25) is 0 Å². The standard InChI is InChI=1S/C38H52O7/c1-4-5-13-27(2)34(44-36-16-9-11-20-42-36)19-18-31-32-23-29(22-30(32)24-35(31)45-37-17-10-12-21-43-37)33(38(39)40-3)26-41-25-28-14-7-6-8-15-28/h6-8,14-15,18-19,22,27,30-37H,9-13,16-17,20-21,23-26H2,1-3H3/b19-18+/t27?,30-,31+,32-,33?,34+,35+,36?,37?/m0/s1. The molecule has 7 heteroatoms. The molecule has 0 bridgehead atoms. The maximum absolute atomic E-state index is 13.0. The van der Waals surface area contributed by atoms with Gasteiger partial charge >= 0.3 is 5.97 Å². The molecule has 0 aromatic heterocycles. The number of fused-ring (bicyclic) bond motifs is 1. The van der Waals surface area contributed by atoms with Crippen molar-refractivity contribution < 1.29 is 33.2 Å². The lowest BCUT2D eigenvalue weighted by molar-refractivity contribution is -0.193. The lowest BCUT2D eigenvalue weighted by atomic mass is 9.86. The Labute approximate surface area is 270 Å². The molecule has 4 aliphatic rings. The van der Waals surface area contributed by atoms with Crippen molar-refractivity contribution in [2.24, 2.45) is 29.6 Å². The Morgan fingerprint density at radius 3 is 2.51 bits per heavy atom. The topological polar surface area (TPSA) is 72.5 Å². The second kappa shape index (κ2) is 17.4. The van der Waals surface area contributed by atoms with E-state index < -0.39 is 5.92 Å². The van der Waals surface area contributed by atoms with Crippen molar-refractivity contribution in [1.29, 1.82) is 0 Å². The van der Waals surface area contributed by atoms with Crippen LogP contribution in [0.25, 0.3) is 0 Å². The van der Waals surface area contributed by atoms with Gasteiger partial charge in [0.25, 0.3) is 0 Å². The minimum Gasteiger partial charge on any atom is -0.468 e. The van der Waals surface area contributed by atoms with Crippen LogP contribution in [0.15, 0.2) is 54.1 Å². The maximum Gasteiger partial charge on any atom is 0.315 e. The average Bonchev–Trinajstić information content (AvgIpc) is 3.62. The van der Waals surface area contributed by atoms with E-state index in [1.54, 1.807) is 0 Å². The maximum atomic E-state index is 13.0. The molecule has 1 aromatic carbocycles. The molecule has 0 N–H and O–H groups in total. The molecule has 1 saturated carbocycles. The van der Waals surface area contributed by atoms with Gasteiger partial charge in [-0.15, -0.1) is 11.8 Å². The Morgan fingerprint density at radius 2 is 1.82 bits per heavy atom. The fourth-order valence-electron chi connectivity index (χ4n) is 7.26. The summed E-state index contributed by atoms with van der Waals surface area (Å²) >= 11 is 0. The van der Waals surface area contributed by atoms with E-state index in [0.717, 1.165) is 82.1 Å². The summed E-state index contributed by atoms with van der Waals surface area (Å²) in [5.74, 6) is 6.66. The second-order valence-electron chi connectivity index (χ2n) is 13.0. The van der Waals surface area contributed by atoms with Gasteiger partial charge in [0.05, 0.1) is 32.5 Å². The van der Waals surface area contributed by atoms with Crippen molar-refractivity contribution in [3.05, 3.63) is 59.7 Å². The summed E-state index contributed by atoms with van der Waals surface area (Å²) < 4.78 is 36.5. The third-order valence-corrected chi connectivity index (χ3v) is 9.80. The normalized spacial score (nSPS) is 30.2. The molecule has 2 aliphatic heterocycles. The first kappa shape index (κ1) is 33.9. The van der Waals surface area contributed by atoms with Crippen LogP contribution in [0, 0.1) is 41.4 Å². The summed E-state index contributed by atoms with van der Waals surface area (Å²) in [7, 11) is 1.46. The van der Waals surface area contributed by atoms with Gasteiger partial charge in [0, 0.05) is 25.6 Å². The molecular formula is C38H52O7. The third kappa shape index (κ3) is 9.53. The number of hydrogen-bond acceptors (Lipinski definition) is 7. The third-order valence-electron chi connectivity index (χ3n) is 9.80. The van der Waals surface area contributed by atoms with Crippen LogP contribution in [0.4, 0.5) is 0 Å². The van der Waals surface area contributed by atoms with Gasteiger partial charge in [-0.1, -0.05) is 61.1 Å². The van der Waals surface area contributed by atoms with E-state index in [1.165, 1.54) is 7.11 Å². The molecule has 0 spiro atoms. The SMILES string of the molecule is CC#CCC(C)[C@@H](/C=C/[C@@H]1[C@H]2CC(C(COCc3ccccc3)C(=O)OC)=C[C@H]2C[C@H]1OC1CCCCO1)OC1CCCCO1. The fraction of sp³-hybridized carbons (Fsp3) is 0.658. The highest BCUT2D eigenvalue weighted by Gasteiger charge is 2.47. The van der Waals surface area contributed by atoms with E-state index in [0.29, 0.717) is 25.0 Å².